The molecule has 1 N–H and O–H groups in total. The van der Waals surface area contributed by atoms with Crippen LogP contribution in [-0.4, -0.2) is 20.6 Å². The molecule has 0 spiro atoms. The number of carbonyl (C=O) groups is 1. The zero-order valence-electron chi connectivity index (χ0n) is 17.5. The zero-order chi connectivity index (χ0) is 22.0. The highest BCUT2D eigenvalue weighted by Gasteiger charge is 2.20. The van der Waals surface area contributed by atoms with E-state index in [1.54, 1.807) is 6.92 Å². The minimum Gasteiger partial charge on any atom is -0.333 e. The molecule has 2 aromatic carbocycles. The van der Waals surface area contributed by atoms with Gasteiger partial charge in [-0.1, -0.05) is 47.6 Å². The summed E-state index contributed by atoms with van der Waals surface area (Å²) >= 11 is 0. The Kier molecular flexibility index (Phi) is 5.49. The third-order valence-corrected chi connectivity index (χ3v) is 4.98. The molecule has 0 aliphatic carbocycles. The molecule has 0 saturated carbocycles. The van der Waals surface area contributed by atoms with Crippen molar-refractivity contribution < 1.29 is 9.32 Å². The number of hydrogen-bond donors (Lipinski definition) is 1. The van der Waals surface area contributed by atoms with Crippen molar-refractivity contribution in [1.82, 2.24) is 14.7 Å². The maximum Gasteiger partial charge on any atom is 0.264 e. The molecule has 1 amide bonds. The molecule has 0 unspecified atom stereocenters. The second-order valence-corrected chi connectivity index (χ2v) is 7.44. The number of aromatic nitrogens is 3. The highest BCUT2D eigenvalue weighted by Crippen LogP contribution is 2.23. The number of hydrogen-bond acceptors (Lipinski definition) is 5. The fourth-order valence-electron chi connectivity index (χ4n) is 3.48. The average Bonchev–Trinajstić information content (AvgIpc) is 3.21. The number of rotatable bonds is 5. The molecule has 0 saturated heterocycles. The Morgan fingerprint density at radius 3 is 2.55 bits per heavy atom. The van der Waals surface area contributed by atoms with Crippen molar-refractivity contribution in [3.05, 3.63) is 87.8 Å². The fraction of sp³-hybridized carbons (Fsp3) is 0.167. The highest BCUT2D eigenvalue weighted by molar-refractivity contribution is 5.90. The summed E-state index contributed by atoms with van der Waals surface area (Å²) in [6.07, 6.45) is 0. The number of nitrogens with one attached hydrogen (secondary N) is 1. The Morgan fingerprint density at radius 2 is 1.81 bits per heavy atom. The summed E-state index contributed by atoms with van der Waals surface area (Å²) in [5, 5.41) is 6.84. The number of amides is 1. The Hall–Kier alpha value is -4.00. The maximum absolute atomic E-state index is 13.3. The van der Waals surface area contributed by atoms with Crippen molar-refractivity contribution in [3.63, 3.8) is 0 Å². The summed E-state index contributed by atoms with van der Waals surface area (Å²) < 4.78 is 6.82. The van der Waals surface area contributed by atoms with E-state index in [2.05, 4.69) is 15.5 Å². The molecule has 2 heterocycles. The van der Waals surface area contributed by atoms with Crippen LogP contribution in [0.3, 0.4) is 0 Å². The van der Waals surface area contributed by atoms with Gasteiger partial charge < -0.3 is 14.4 Å². The summed E-state index contributed by atoms with van der Waals surface area (Å²) in [5.74, 6) is 0.244. The van der Waals surface area contributed by atoms with Crippen LogP contribution < -0.4 is 10.9 Å². The number of benzene rings is 2. The van der Waals surface area contributed by atoms with E-state index in [9.17, 15) is 9.59 Å². The van der Waals surface area contributed by atoms with Crippen molar-refractivity contribution in [3.8, 4) is 22.8 Å². The maximum atomic E-state index is 13.3. The van der Waals surface area contributed by atoms with E-state index in [0.717, 1.165) is 11.1 Å². The Morgan fingerprint density at radius 1 is 1.03 bits per heavy atom. The number of aryl methyl sites for hydroxylation is 3. The third kappa shape index (κ3) is 4.30. The van der Waals surface area contributed by atoms with E-state index in [1.165, 1.54) is 4.57 Å². The van der Waals surface area contributed by atoms with Crippen LogP contribution in [0.5, 0.6) is 0 Å². The molecule has 0 fully saturated rings. The number of anilines is 1. The summed E-state index contributed by atoms with van der Waals surface area (Å²) in [7, 11) is 0. The number of nitrogens with zero attached hydrogens (tertiary/aromatic N) is 3. The first-order valence-corrected chi connectivity index (χ1v) is 9.89. The lowest BCUT2D eigenvalue weighted by Gasteiger charge is -2.13. The fourth-order valence-corrected chi connectivity index (χ4v) is 3.48. The Bertz CT molecular complexity index is 1310. The van der Waals surface area contributed by atoms with E-state index in [0.29, 0.717) is 28.3 Å². The van der Waals surface area contributed by atoms with Gasteiger partial charge in [-0.15, -0.1) is 0 Å². The molecule has 156 valence electrons. The van der Waals surface area contributed by atoms with Crippen LogP contribution >= 0.6 is 0 Å². The van der Waals surface area contributed by atoms with Crippen molar-refractivity contribution in [2.45, 2.75) is 27.3 Å². The molecule has 2 aromatic heterocycles. The van der Waals surface area contributed by atoms with Crippen LogP contribution in [0, 0.1) is 20.8 Å². The average molecular weight is 414 g/mol. The van der Waals surface area contributed by atoms with Crippen LogP contribution in [-0.2, 0) is 11.3 Å². The van der Waals surface area contributed by atoms with E-state index < -0.39 is 0 Å². The molecule has 7 heteroatoms. The summed E-state index contributed by atoms with van der Waals surface area (Å²) in [5.41, 5.74) is 3.85. The van der Waals surface area contributed by atoms with Crippen LogP contribution in [0.1, 0.15) is 16.8 Å². The molecule has 4 aromatic rings. The monoisotopic (exact) mass is 414 g/mol. The van der Waals surface area contributed by atoms with Gasteiger partial charge in [0.1, 0.15) is 12.1 Å². The minimum absolute atomic E-state index is 0.119. The van der Waals surface area contributed by atoms with Crippen LogP contribution in [0.2, 0.25) is 0 Å². The first-order valence-electron chi connectivity index (χ1n) is 9.89. The predicted molar refractivity (Wildman–Crippen MR) is 119 cm³/mol. The lowest BCUT2D eigenvalue weighted by atomic mass is 10.1. The van der Waals surface area contributed by atoms with Crippen molar-refractivity contribution in [2.24, 2.45) is 0 Å². The third-order valence-electron chi connectivity index (χ3n) is 4.98. The van der Waals surface area contributed by atoms with E-state index in [1.807, 2.05) is 74.5 Å². The lowest BCUT2D eigenvalue weighted by molar-refractivity contribution is -0.116. The molecule has 4 rings (SSSR count). The molecule has 7 nitrogen and oxygen atoms in total. The Labute approximate surface area is 179 Å². The zero-order valence-corrected chi connectivity index (χ0v) is 17.5. The van der Waals surface area contributed by atoms with Crippen molar-refractivity contribution in [1.29, 1.82) is 0 Å². The van der Waals surface area contributed by atoms with Gasteiger partial charge in [-0.3, -0.25) is 9.59 Å². The lowest BCUT2D eigenvalue weighted by Crippen LogP contribution is -2.30. The quantitative estimate of drug-likeness (QED) is 0.530. The van der Waals surface area contributed by atoms with Gasteiger partial charge in [-0.05, 0) is 50.1 Å². The highest BCUT2D eigenvalue weighted by atomic mass is 16.5. The molecular weight excluding hydrogens is 392 g/mol. The summed E-state index contributed by atoms with van der Waals surface area (Å²) in [4.78, 5) is 30.3. The topological polar surface area (TPSA) is 90.0 Å². The van der Waals surface area contributed by atoms with E-state index >= 15 is 0 Å². The van der Waals surface area contributed by atoms with Gasteiger partial charge >= 0.3 is 0 Å². The molecule has 31 heavy (non-hydrogen) atoms. The normalized spacial score (nSPS) is 10.8. The molecular formula is C24H22N4O3. The number of pyridine rings is 1. The van der Waals surface area contributed by atoms with Crippen LogP contribution in [0.25, 0.3) is 22.8 Å². The van der Waals surface area contributed by atoms with E-state index in [-0.39, 0.29) is 23.9 Å². The van der Waals surface area contributed by atoms with Gasteiger partial charge in [0, 0.05) is 16.9 Å². The van der Waals surface area contributed by atoms with Gasteiger partial charge in [0.05, 0.1) is 0 Å². The van der Waals surface area contributed by atoms with Gasteiger partial charge in [-0.2, -0.15) is 4.98 Å². The second kappa shape index (κ2) is 8.39. The van der Waals surface area contributed by atoms with Gasteiger partial charge in [-0.25, -0.2) is 0 Å². The summed E-state index contributed by atoms with van der Waals surface area (Å²) in [6, 6.07) is 18.7. The van der Waals surface area contributed by atoms with Gasteiger partial charge in [0.2, 0.25) is 11.7 Å². The SMILES string of the molecule is Cc1cccc(NC(=O)Cn2c(C)cc(C)c(-c3nc(-c4ccccc4)no3)c2=O)c1. The van der Waals surface area contributed by atoms with E-state index in [4.69, 9.17) is 4.52 Å². The standard InChI is InChI=1S/C24H22N4O3/c1-15-8-7-11-19(12-15)25-20(29)14-28-17(3)13-16(2)21(24(28)30)23-26-22(27-31-23)18-9-5-4-6-10-18/h4-13H,14H2,1-3H3,(H,25,29). The second-order valence-electron chi connectivity index (χ2n) is 7.44. The Balaban J connectivity index is 1.65. The molecule has 0 radical (unpaired) electrons. The largest absolute Gasteiger partial charge is 0.333 e. The predicted octanol–water partition coefficient (Wildman–Crippen LogP) is 4.13. The smallest absolute Gasteiger partial charge is 0.264 e. The molecule has 0 atom stereocenters. The van der Waals surface area contributed by atoms with Crippen molar-refractivity contribution >= 4 is 11.6 Å². The number of carbonyl (C=O) groups excluding carboxylic acids is 1. The first-order chi connectivity index (χ1) is 14.9. The molecule has 0 bridgehead atoms. The van der Waals surface area contributed by atoms with Crippen LogP contribution in [0.15, 0.2) is 70.0 Å². The minimum atomic E-state index is -0.347. The molecule has 0 aliphatic rings. The van der Waals surface area contributed by atoms with Gasteiger partial charge in [0.15, 0.2) is 0 Å². The van der Waals surface area contributed by atoms with Crippen LogP contribution in [0.4, 0.5) is 5.69 Å². The summed E-state index contributed by atoms with van der Waals surface area (Å²) in [6.45, 7) is 5.44. The molecule has 0 aliphatic heterocycles. The first kappa shape index (κ1) is 20.3. The van der Waals surface area contributed by atoms with Gasteiger partial charge in [0.25, 0.3) is 11.4 Å². The van der Waals surface area contributed by atoms with Crippen molar-refractivity contribution in [2.75, 3.05) is 5.32 Å².